The van der Waals surface area contributed by atoms with Crippen molar-refractivity contribution in [2.45, 2.75) is 39.7 Å². The summed E-state index contributed by atoms with van der Waals surface area (Å²) in [4.78, 5) is 16.4. The number of carbonyl (C=O) groups is 1. The van der Waals surface area contributed by atoms with Crippen LogP contribution in [0.3, 0.4) is 0 Å². The largest absolute Gasteiger partial charge is 0.493 e. The lowest BCUT2D eigenvalue weighted by atomic mass is 10.2. The summed E-state index contributed by atoms with van der Waals surface area (Å²) in [6.45, 7) is 6.38. The minimum Gasteiger partial charge on any atom is -0.493 e. The highest BCUT2D eigenvalue weighted by Crippen LogP contribution is 2.23. The van der Waals surface area contributed by atoms with Crippen molar-refractivity contribution in [1.29, 1.82) is 0 Å². The molecule has 3 aromatic rings. The molecule has 0 aliphatic rings. The zero-order valence-electron chi connectivity index (χ0n) is 17.6. The van der Waals surface area contributed by atoms with Crippen molar-refractivity contribution in [1.82, 2.24) is 4.98 Å². The van der Waals surface area contributed by atoms with Crippen LogP contribution < -0.4 is 9.47 Å². The molecule has 0 fully saturated rings. The van der Waals surface area contributed by atoms with Gasteiger partial charge in [0, 0.05) is 12.0 Å². The Morgan fingerprint density at radius 3 is 2.40 bits per heavy atom. The lowest BCUT2D eigenvalue weighted by Gasteiger charge is -2.16. The van der Waals surface area contributed by atoms with Crippen LogP contribution in [-0.4, -0.2) is 30.3 Å². The van der Waals surface area contributed by atoms with Crippen LogP contribution in [0.25, 0.3) is 11.5 Å². The fourth-order valence-corrected chi connectivity index (χ4v) is 2.94. The molecule has 1 atom stereocenters. The molecule has 3 rings (SSSR count). The molecule has 0 bridgehead atoms. The van der Waals surface area contributed by atoms with E-state index in [1.165, 1.54) is 0 Å². The average Bonchev–Trinajstić information content (AvgIpc) is 3.14. The fraction of sp³-hybridized carbons (Fsp3) is 0.333. The Kier molecular flexibility index (Phi) is 7.49. The zero-order valence-corrected chi connectivity index (χ0v) is 17.6. The molecule has 0 spiro atoms. The number of esters is 1. The molecular formula is C24H27NO5. The number of rotatable bonds is 10. The van der Waals surface area contributed by atoms with E-state index in [0.29, 0.717) is 37.7 Å². The van der Waals surface area contributed by atoms with Crippen LogP contribution in [0.4, 0.5) is 0 Å². The van der Waals surface area contributed by atoms with Crippen molar-refractivity contribution in [2.75, 3.05) is 13.2 Å². The number of aryl methyl sites for hydroxylation is 1. The maximum atomic E-state index is 11.9. The van der Waals surface area contributed by atoms with Gasteiger partial charge >= 0.3 is 5.97 Å². The third kappa shape index (κ3) is 5.63. The molecule has 1 unspecified atom stereocenters. The van der Waals surface area contributed by atoms with E-state index in [1.54, 1.807) is 19.1 Å². The summed E-state index contributed by atoms with van der Waals surface area (Å²) in [5.41, 5.74) is 1.84. The van der Waals surface area contributed by atoms with Gasteiger partial charge in [-0.2, -0.15) is 0 Å². The molecule has 0 N–H and O–H groups in total. The van der Waals surface area contributed by atoms with Crippen LogP contribution in [0.15, 0.2) is 59.0 Å². The van der Waals surface area contributed by atoms with Gasteiger partial charge in [-0.15, -0.1) is 0 Å². The van der Waals surface area contributed by atoms with Gasteiger partial charge in [0.1, 0.15) is 17.3 Å². The van der Waals surface area contributed by atoms with Crippen molar-refractivity contribution in [3.8, 4) is 23.0 Å². The van der Waals surface area contributed by atoms with Gasteiger partial charge in [-0.3, -0.25) is 0 Å². The molecule has 0 amide bonds. The Bertz CT molecular complexity index is 934. The van der Waals surface area contributed by atoms with E-state index in [2.05, 4.69) is 4.98 Å². The highest BCUT2D eigenvalue weighted by Gasteiger charge is 2.19. The molecule has 0 aliphatic heterocycles. The van der Waals surface area contributed by atoms with Crippen LogP contribution >= 0.6 is 0 Å². The first kappa shape index (κ1) is 21.4. The van der Waals surface area contributed by atoms with Gasteiger partial charge in [0.25, 0.3) is 0 Å². The lowest BCUT2D eigenvalue weighted by molar-refractivity contribution is -0.151. The van der Waals surface area contributed by atoms with Gasteiger partial charge in [-0.25, -0.2) is 9.78 Å². The molecular weight excluding hydrogens is 382 g/mol. The smallest absolute Gasteiger partial charge is 0.347 e. The Hall–Kier alpha value is -3.28. The molecule has 0 saturated heterocycles. The van der Waals surface area contributed by atoms with Gasteiger partial charge in [0.15, 0.2) is 6.10 Å². The summed E-state index contributed by atoms with van der Waals surface area (Å²) >= 11 is 0. The second-order valence-electron chi connectivity index (χ2n) is 6.72. The van der Waals surface area contributed by atoms with Gasteiger partial charge < -0.3 is 18.6 Å². The SMILES string of the molecule is CCOC(=O)C(CC)Oc1ccc(OCCc2nc(-c3ccccc3)oc2C)cc1. The predicted molar refractivity (Wildman–Crippen MR) is 114 cm³/mol. The van der Waals surface area contributed by atoms with Gasteiger partial charge in [-0.05, 0) is 56.7 Å². The summed E-state index contributed by atoms with van der Waals surface area (Å²) in [7, 11) is 0. The first-order valence-corrected chi connectivity index (χ1v) is 10.2. The Balaban J connectivity index is 1.52. The summed E-state index contributed by atoms with van der Waals surface area (Å²) < 4.78 is 22.3. The molecule has 6 nitrogen and oxygen atoms in total. The van der Waals surface area contributed by atoms with E-state index < -0.39 is 6.10 Å². The summed E-state index contributed by atoms with van der Waals surface area (Å²) in [6.07, 6.45) is 0.575. The summed E-state index contributed by atoms with van der Waals surface area (Å²) in [6, 6.07) is 17.0. The first-order valence-electron chi connectivity index (χ1n) is 10.2. The van der Waals surface area contributed by atoms with Gasteiger partial charge in [0.05, 0.1) is 18.9 Å². The molecule has 1 aromatic heterocycles. The van der Waals surface area contributed by atoms with Crippen molar-refractivity contribution >= 4 is 5.97 Å². The number of hydrogen-bond donors (Lipinski definition) is 0. The van der Waals surface area contributed by atoms with Crippen LogP contribution in [0.1, 0.15) is 31.7 Å². The summed E-state index contributed by atoms with van der Waals surface area (Å²) in [5.74, 6) is 2.39. The fourth-order valence-electron chi connectivity index (χ4n) is 2.94. The topological polar surface area (TPSA) is 70.8 Å². The highest BCUT2D eigenvalue weighted by atomic mass is 16.6. The first-order chi connectivity index (χ1) is 14.6. The van der Waals surface area contributed by atoms with Crippen LogP contribution in [0.5, 0.6) is 11.5 Å². The van der Waals surface area contributed by atoms with Crippen molar-refractivity contribution in [2.24, 2.45) is 0 Å². The molecule has 0 aliphatic carbocycles. The van der Waals surface area contributed by atoms with E-state index in [9.17, 15) is 4.79 Å². The second kappa shape index (κ2) is 10.5. The maximum absolute atomic E-state index is 11.9. The number of ether oxygens (including phenoxy) is 3. The summed E-state index contributed by atoms with van der Waals surface area (Å²) in [5, 5.41) is 0. The average molecular weight is 409 g/mol. The minimum absolute atomic E-state index is 0.337. The molecule has 6 heteroatoms. The predicted octanol–water partition coefficient (Wildman–Crippen LogP) is 4.99. The Morgan fingerprint density at radius 1 is 1.03 bits per heavy atom. The quantitative estimate of drug-likeness (QED) is 0.439. The third-order valence-electron chi connectivity index (χ3n) is 4.54. The number of carbonyl (C=O) groups excluding carboxylic acids is 1. The van der Waals surface area contributed by atoms with Gasteiger partial charge in [-0.1, -0.05) is 25.1 Å². The second-order valence-corrected chi connectivity index (χ2v) is 6.72. The Labute approximate surface area is 176 Å². The van der Waals surface area contributed by atoms with Crippen molar-refractivity contribution in [3.05, 3.63) is 66.1 Å². The third-order valence-corrected chi connectivity index (χ3v) is 4.54. The van der Waals surface area contributed by atoms with Crippen LogP contribution in [0, 0.1) is 6.92 Å². The van der Waals surface area contributed by atoms with E-state index >= 15 is 0 Å². The van der Waals surface area contributed by atoms with E-state index in [1.807, 2.05) is 56.3 Å². The number of nitrogens with zero attached hydrogens (tertiary/aromatic N) is 1. The number of oxazole rings is 1. The monoisotopic (exact) mass is 409 g/mol. The molecule has 1 heterocycles. The lowest BCUT2D eigenvalue weighted by Crippen LogP contribution is -2.28. The maximum Gasteiger partial charge on any atom is 0.347 e. The minimum atomic E-state index is -0.606. The van der Waals surface area contributed by atoms with E-state index in [4.69, 9.17) is 18.6 Å². The number of benzene rings is 2. The molecule has 0 saturated carbocycles. The van der Waals surface area contributed by atoms with E-state index in [0.717, 1.165) is 22.8 Å². The Morgan fingerprint density at radius 2 is 1.73 bits per heavy atom. The van der Waals surface area contributed by atoms with E-state index in [-0.39, 0.29) is 5.97 Å². The van der Waals surface area contributed by atoms with Gasteiger partial charge in [0.2, 0.25) is 5.89 Å². The molecule has 30 heavy (non-hydrogen) atoms. The highest BCUT2D eigenvalue weighted by molar-refractivity contribution is 5.75. The molecule has 158 valence electrons. The zero-order chi connectivity index (χ0) is 21.3. The number of aromatic nitrogens is 1. The van der Waals surface area contributed by atoms with Crippen LogP contribution in [0.2, 0.25) is 0 Å². The molecule has 2 aromatic carbocycles. The van der Waals surface area contributed by atoms with Crippen molar-refractivity contribution in [3.63, 3.8) is 0 Å². The standard InChI is InChI=1S/C24H27NO5/c1-4-22(24(26)27-5-2)30-20-13-11-19(12-14-20)28-16-15-21-17(3)29-23(25-21)18-9-7-6-8-10-18/h6-14,22H,4-5,15-16H2,1-3H3. The molecule has 0 radical (unpaired) electrons. The normalized spacial score (nSPS) is 11.7. The number of hydrogen-bond acceptors (Lipinski definition) is 6. The van der Waals surface area contributed by atoms with Crippen molar-refractivity contribution < 1.29 is 23.4 Å². The van der Waals surface area contributed by atoms with Crippen LogP contribution in [-0.2, 0) is 16.0 Å².